The number of carbonyl (C=O) groups is 2. The molecular weight excluding hydrogens is 334 g/mol. The summed E-state index contributed by atoms with van der Waals surface area (Å²) in [5, 5.41) is 13.1. The van der Waals surface area contributed by atoms with Gasteiger partial charge in [-0.05, 0) is 12.0 Å². The fraction of sp³-hybridized carbons (Fsp3) is 0.400. The summed E-state index contributed by atoms with van der Waals surface area (Å²) in [5.74, 6) is -0.923. The van der Waals surface area contributed by atoms with Crippen LogP contribution in [0.3, 0.4) is 0 Å². The first-order valence-corrected chi connectivity index (χ1v) is 9.17. The van der Waals surface area contributed by atoms with E-state index in [2.05, 4.69) is 10.6 Å². The monoisotopic (exact) mass is 353 g/mol. The normalized spacial score (nSPS) is 11.8. The second kappa shape index (κ2) is 9.52. The van der Waals surface area contributed by atoms with Crippen LogP contribution in [-0.4, -0.2) is 45.0 Å². The zero-order valence-electron chi connectivity index (χ0n) is 13.2. The second-order valence-corrected chi connectivity index (χ2v) is 7.31. The summed E-state index contributed by atoms with van der Waals surface area (Å²) >= 11 is 0. The Morgan fingerprint density at radius 2 is 1.96 bits per heavy atom. The summed E-state index contributed by atoms with van der Waals surface area (Å²) in [6.07, 6.45) is 0.0751. The molecule has 1 aromatic rings. The molecule has 8 nitrogen and oxygen atoms in total. The Morgan fingerprint density at radius 1 is 1.29 bits per heavy atom. The molecule has 1 atom stereocenters. The molecule has 130 valence electrons. The second-order valence-electron chi connectivity index (χ2n) is 5.05. The molecule has 9 heteroatoms. The van der Waals surface area contributed by atoms with Gasteiger partial charge in [-0.3, -0.25) is 4.79 Å². The van der Waals surface area contributed by atoms with Crippen molar-refractivity contribution in [1.82, 2.24) is 10.6 Å². The van der Waals surface area contributed by atoms with Crippen LogP contribution >= 0.6 is 0 Å². The van der Waals surface area contributed by atoms with Crippen molar-refractivity contribution < 1.29 is 22.7 Å². The highest BCUT2D eigenvalue weighted by molar-refractivity contribution is 7.90. The molecule has 1 rings (SSSR count). The SMILES string of the molecule is CS(=O)(=O)CC[C@@H](NC(=O)OCc1ccccc1)C(=O)NCC#N. The standard InChI is InChI=1S/C15H19N3O5S/c1-24(21,22)10-7-13(14(19)17-9-8-16)18-15(20)23-11-12-5-3-2-4-6-12/h2-6,13H,7,9-11H2,1H3,(H,17,19)(H,18,20)/t13-/m1/s1. The molecule has 0 aliphatic carbocycles. The summed E-state index contributed by atoms with van der Waals surface area (Å²) in [6.45, 7) is -0.222. The third-order valence-corrected chi connectivity index (χ3v) is 3.92. The van der Waals surface area contributed by atoms with Gasteiger partial charge >= 0.3 is 6.09 Å². The van der Waals surface area contributed by atoms with Gasteiger partial charge in [-0.15, -0.1) is 0 Å². The van der Waals surface area contributed by atoms with E-state index in [1.165, 1.54) is 0 Å². The number of benzene rings is 1. The Kier molecular flexibility index (Phi) is 7.71. The van der Waals surface area contributed by atoms with Crippen LogP contribution in [0.2, 0.25) is 0 Å². The zero-order valence-corrected chi connectivity index (χ0v) is 14.0. The average molecular weight is 353 g/mol. The van der Waals surface area contributed by atoms with E-state index in [4.69, 9.17) is 10.00 Å². The van der Waals surface area contributed by atoms with Crippen molar-refractivity contribution in [2.24, 2.45) is 0 Å². The smallest absolute Gasteiger partial charge is 0.408 e. The number of ether oxygens (including phenoxy) is 1. The number of sulfone groups is 1. The van der Waals surface area contributed by atoms with Crippen LogP contribution in [0.5, 0.6) is 0 Å². The van der Waals surface area contributed by atoms with Crippen LogP contribution in [0.4, 0.5) is 4.79 Å². The Balaban J connectivity index is 2.60. The van der Waals surface area contributed by atoms with Gasteiger partial charge in [0, 0.05) is 6.26 Å². The van der Waals surface area contributed by atoms with Crippen molar-refractivity contribution in [2.45, 2.75) is 19.1 Å². The van der Waals surface area contributed by atoms with Crippen LogP contribution in [0, 0.1) is 11.3 Å². The van der Waals surface area contributed by atoms with Crippen molar-refractivity contribution in [3.63, 3.8) is 0 Å². The van der Waals surface area contributed by atoms with Gasteiger partial charge in [0.15, 0.2) is 0 Å². The fourth-order valence-electron chi connectivity index (χ4n) is 1.76. The highest BCUT2D eigenvalue weighted by atomic mass is 32.2. The molecule has 1 aromatic carbocycles. The number of nitriles is 1. The molecule has 0 fully saturated rings. The van der Waals surface area contributed by atoms with E-state index < -0.39 is 27.9 Å². The van der Waals surface area contributed by atoms with Crippen molar-refractivity contribution >= 4 is 21.8 Å². The lowest BCUT2D eigenvalue weighted by Gasteiger charge is -2.17. The molecule has 0 aliphatic heterocycles. The summed E-state index contributed by atoms with van der Waals surface area (Å²) < 4.78 is 27.5. The highest BCUT2D eigenvalue weighted by Gasteiger charge is 2.22. The Hall–Kier alpha value is -2.60. The van der Waals surface area contributed by atoms with Crippen LogP contribution < -0.4 is 10.6 Å². The molecule has 0 spiro atoms. The number of alkyl carbamates (subject to hydrolysis) is 1. The molecule has 24 heavy (non-hydrogen) atoms. The Morgan fingerprint density at radius 3 is 2.54 bits per heavy atom. The molecule has 0 aromatic heterocycles. The number of nitrogens with zero attached hydrogens (tertiary/aromatic N) is 1. The third-order valence-electron chi connectivity index (χ3n) is 2.94. The molecule has 0 aliphatic rings. The fourth-order valence-corrected chi connectivity index (χ4v) is 2.42. The van der Waals surface area contributed by atoms with Gasteiger partial charge in [0.05, 0.1) is 11.8 Å². The molecule has 2 amide bonds. The largest absolute Gasteiger partial charge is 0.445 e. The van der Waals surface area contributed by atoms with Gasteiger partial charge in [-0.2, -0.15) is 5.26 Å². The van der Waals surface area contributed by atoms with E-state index in [9.17, 15) is 18.0 Å². The Labute approximate surface area is 140 Å². The molecular formula is C15H19N3O5S. The van der Waals surface area contributed by atoms with E-state index in [0.29, 0.717) is 0 Å². The summed E-state index contributed by atoms with van der Waals surface area (Å²) in [6, 6.07) is 9.58. The topological polar surface area (TPSA) is 125 Å². The maximum atomic E-state index is 11.9. The van der Waals surface area contributed by atoms with E-state index in [0.717, 1.165) is 11.8 Å². The Bertz CT molecular complexity index is 698. The number of hydrogen-bond acceptors (Lipinski definition) is 6. The molecule has 0 bridgehead atoms. The summed E-state index contributed by atoms with van der Waals surface area (Å²) in [4.78, 5) is 23.7. The molecule has 0 heterocycles. The molecule has 0 radical (unpaired) electrons. The van der Waals surface area contributed by atoms with Crippen molar-refractivity contribution in [3.05, 3.63) is 35.9 Å². The van der Waals surface area contributed by atoms with E-state index in [1.54, 1.807) is 30.3 Å². The number of rotatable bonds is 8. The lowest BCUT2D eigenvalue weighted by molar-refractivity contribution is -0.122. The zero-order chi connectivity index (χ0) is 18.0. The molecule has 0 unspecified atom stereocenters. The first-order valence-electron chi connectivity index (χ1n) is 7.11. The van der Waals surface area contributed by atoms with Gasteiger partial charge < -0.3 is 15.4 Å². The van der Waals surface area contributed by atoms with Crippen molar-refractivity contribution in [1.29, 1.82) is 5.26 Å². The minimum atomic E-state index is -3.30. The number of hydrogen-bond donors (Lipinski definition) is 2. The van der Waals surface area contributed by atoms with Gasteiger partial charge in [0.1, 0.15) is 29.0 Å². The summed E-state index contributed by atoms with van der Waals surface area (Å²) in [5.41, 5.74) is 0.772. The van der Waals surface area contributed by atoms with Crippen molar-refractivity contribution in [3.8, 4) is 6.07 Å². The van der Waals surface area contributed by atoms with Crippen LogP contribution in [-0.2, 0) is 26.0 Å². The lowest BCUT2D eigenvalue weighted by Crippen LogP contribution is -2.47. The first kappa shape index (κ1) is 19.4. The van der Waals surface area contributed by atoms with Crippen LogP contribution in [0.15, 0.2) is 30.3 Å². The van der Waals surface area contributed by atoms with E-state index >= 15 is 0 Å². The average Bonchev–Trinajstić information content (AvgIpc) is 2.54. The predicted octanol–water partition coefficient (Wildman–Crippen LogP) is 0.356. The minimum Gasteiger partial charge on any atom is -0.445 e. The number of nitrogens with one attached hydrogen (secondary N) is 2. The maximum Gasteiger partial charge on any atom is 0.408 e. The van der Waals surface area contributed by atoms with Gasteiger partial charge in [-0.25, -0.2) is 13.2 Å². The van der Waals surface area contributed by atoms with E-state index in [-0.39, 0.29) is 25.3 Å². The number of carbonyl (C=O) groups excluding carboxylic acids is 2. The summed E-state index contributed by atoms with van der Waals surface area (Å²) in [7, 11) is -3.30. The molecule has 0 saturated heterocycles. The predicted molar refractivity (Wildman–Crippen MR) is 86.5 cm³/mol. The van der Waals surface area contributed by atoms with Crippen LogP contribution in [0.25, 0.3) is 0 Å². The number of amides is 2. The van der Waals surface area contributed by atoms with E-state index in [1.807, 2.05) is 6.07 Å². The van der Waals surface area contributed by atoms with Crippen LogP contribution in [0.1, 0.15) is 12.0 Å². The van der Waals surface area contributed by atoms with Crippen molar-refractivity contribution in [2.75, 3.05) is 18.6 Å². The minimum absolute atomic E-state index is 0.0191. The lowest BCUT2D eigenvalue weighted by atomic mass is 10.2. The highest BCUT2D eigenvalue weighted by Crippen LogP contribution is 2.02. The third kappa shape index (κ3) is 8.14. The van der Waals surface area contributed by atoms with Gasteiger partial charge in [-0.1, -0.05) is 30.3 Å². The molecule has 0 saturated carbocycles. The van der Waals surface area contributed by atoms with Gasteiger partial charge in [0.25, 0.3) is 0 Å². The molecule has 2 N–H and O–H groups in total. The quantitative estimate of drug-likeness (QED) is 0.650. The maximum absolute atomic E-state index is 11.9. The first-order chi connectivity index (χ1) is 11.3. The van der Waals surface area contributed by atoms with Gasteiger partial charge in [0.2, 0.25) is 5.91 Å².